The van der Waals surface area contributed by atoms with E-state index in [1.54, 1.807) is 0 Å². The Hall–Kier alpha value is -1.74. The maximum absolute atomic E-state index is 12.9. The number of carbonyl (C=O) groups is 1. The Labute approximate surface area is 156 Å². The van der Waals surface area contributed by atoms with Crippen LogP contribution in [0.5, 0.6) is 0 Å². The van der Waals surface area contributed by atoms with Crippen molar-refractivity contribution in [1.82, 2.24) is 9.47 Å². The topological polar surface area (TPSA) is 25.2 Å². The van der Waals surface area contributed by atoms with E-state index in [-0.39, 0.29) is 5.91 Å². The van der Waals surface area contributed by atoms with E-state index in [2.05, 4.69) is 48.0 Å². The molecule has 1 aromatic heterocycles. The predicted molar refractivity (Wildman–Crippen MR) is 105 cm³/mol. The molecule has 0 saturated heterocycles. The summed E-state index contributed by atoms with van der Waals surface area (Å²) in [6.07, 6.45) is 4.15. The summed E-state index contributed by atoms with van der Waals surface area (Å²) >= 11 is 6.03. The standard InChI is InChI=1S/C21H29ClN2O/c1-4-5-13-24(20(25)21(2,3)17-22)16-19-12-9-14-23(19)15-18-10-7-6-8-11-18/h6-12,14H,4-5,13,15-17H2,1-3H3. The zero-order chi connectivity index (χ0) is 18.3. The number of aromatic nitrogens is 1. The van der Waals surface area contributed by atoms with Crippen LogP contribution in [0.4, 0.5) is 0 Å². The van der Waals surface area contributed by atoms with Crippen LogP contribution in [0.15, 0.2) is 48.7 Å². The zero-order valence-corrected chi connectivity index (χ0v) is 16.3. The molecular weight excluding hydrogens is 332 g/mol. The maximum Gasteiger partial charge on any atom is 0.229 e. The van der Waals surface area contributed by atoms with Gasteiger partial charge in [0.25, 0.3) is 0 Å². The molecule has 0 N–H and O–H groups in total. The van der Waals surface area contributed by atoms with Crippen LogP contribution in [-0.2, 0) is 17.9 Å². The molecule has 1 aromatic carbocycles. The van der Waals surface area contributed by atoms with Gasteiger partial charge >= 0.3 is 0 Å². The zero-order valence-electron chi connectivity index (χ0n) is 15.5. The van der Waals surface area contributed by atoms with Crippen molar-refractivity contribution in [1.29, 1.82) is 0 Å². The second kappa shape index (κ2) is 9.10. The van der Waals surface area contributed by atoms with Gasteiger partial charge in [0.1, 0.15) is 0 Å². The number of unbranched alkanes of at least 4 members (excludes halogenated alkanes) is 1. The fraction of sp³-hybridized carbons (Fsp3) is 0.476. The molecule has 1 heterocycles. The molecule has 1 amide bonds. The Morgan fingerprint density at radius 1 is 1.16 bits per heavy atom. The Morgan fingerprint density at radius 2 is 1.88 bits per heavy atom. The van der Waals surface area contributed by atoms with Crippen LogP contribution in [-0.4, -0.2) is 27.8 Å². The van der Waals surface area contributed by atoms with Crippen molar-refractivity contribution in [3.05, 3.63) is 59.9 Å². The first kappa shape index (κ1) is 19.6. The van der Waals surface area contributed by atoms with Gasteiger partial charge in [-0.2, -0.15) is 0 Å². The quantitative estimate of drug-likeness (QED) is 0.582. The molecule has 2 rings (SSSR count). The van der Waals surface area contributed by atoms with Crippen molar-refractivity contribution in [3.63, 3.8) is 0 Å². The van der Waals surface area contributed by atoms with E-state index in [0.29, 0.717) is 12.4 Å². The highest BCUT2D eigenvalue weighted by Crippen LogP contribution is 2.23. The average molecular weight is 361 g/mol. The predicted octanol–water partition coefficient (Wildman–Crippen LogP) is 4.93. The summed E-state index contributed by atoms with van der Waals surface area (Å²) in [6, 6.07) is 14.5. The molecule has 0 radical (unpaired) electrons. The normalized spacial score (nSPS) is 11.5. The SMILES string of the molecule is CCCCN(Cc1cccn1Cc1ccccc1)C(=O)C(C)(C)CCl. The lowest BCUT2D eigenvalue weighted by Crippen LogP contribution is -2.42. The number of benzene rings is 1. The van der Waals surface area contributed by atoms with E-state index in [1.165, 1.54) is 5.56 Å². The fourth-order valence-electron chi connectivity index (χ4n) is 2.81. The van der Waals surface area contributed by atoms with E-state index >= 15 is 0 Å². The third-order valence-corrected chi connectivity index (χ3v) is 5.12. The molecule has 2 aromatic rings. The Balaban J connectivity index is 2.16. The molecule has 0 fully saturated rings. The second-order valence-corrected chi connectivity index (χ2v) is 7.48. The Bertz CT molecular complexity index is 664. The van der Waals surface area contributed by atoms with Crippen molar-refractivity contribution in [3.8, 4) is 0 Å². The van der Waals surface area contributed by atoms with Crippen molar-refractivity contribution < 1.29 is 4.79 Å². The highest BCUT2D eigenvalue weighted by Gasteiger charge is 2.31. The molecule has 0 unspecified atom stereocenters. The molecule has 0 spiro atoms. The molecule has 4 heteroatoms. The van der Waals surface area contributed by atoms with Gasteiger partial charge in [0.2, 0.25) is 5.91 Å². The molecule has 0 bridgehead atoms. The van der Waals surface area contributed by atoms with Gasteiger partial charge in [-0.3, -0.25) is 4.79 Å². The van der Waals surface area contributed by atoms with Gasteiger partial charge in [-0.25, -0.2) is 0 Å². The number of nitrogens with zero attached hydrogens (tertiary/aromatic N) is 2. The number of alkyl halides is 1. The first-order chi connectivity index (χ1) is 12.0. The number of carbonyl (C=O) groups excluding carboxylic acids is 1. The van der Waals surface area contributed by atoms with Crippen LogP contribution in [0.1, 0.15) is 44.9 Å². The first-order valence-electron chi connectivity index (χ1n) is 9.01. The van der Waals surface area contributed by atoms with E-state index in [9.17, 15) is 4.79 Å². The summed E-state index contributed by atoms with van der Waals surface area (Å²) in [4.78, 5) is 14.9. The number of rotatable bonds is 9. The molecule has 0 saturated carbocycles. The molecule has 136 valence electrons. The van der Waals surface area contributed by atoms with E-state index < -0.39 is 5.41 Å². The van der Waals surface area contributed by atoms with Gasteiger partial charge < -0.3 is 9.47 Å². The Kier molecular flexibility index (Phi) is 7.12. The minimum Gasteiger partial charge on any atom is -0.345 e. The fourth-order valence-corrected chi connectivity index (χ4v) is 2.92. The summed E-state index contributed by atoms with van der Waals surface area (Å²) in [7, 11) is 0. The second-order valence-electron chi connectivity index (χ2n) is 7.21. The lowest BCUT2D eigenvalue weighted by Gasteiger charge is -2.31. The monoisotopic (exact) mass is 360 g/mol. The summed E-state index contributed by atoms with van der Waals surface area (Å²) in [5.41, 5.74) is 1.87. The van der Waals surface area contributed by atoms with E-state index in [1.807, 2.05) is 30.9 Å². The van der Waals surface area contributed by atoms with Crippen molar-refractivity contribution in [2.75, 3.05) is 12.4 Å². The van der Waals surface area contributed by atoms with E-state index in [4.69, 9.17) is 11.6 Å². The van der Waals surface area contributed by atoms with Crippen molar-refractivity contribution in [2.24, 2.45) is 5.41 Å². The van der Waals surface area contributed by atoms with Gasteiger partial charge in [-0.05, 0) is 38.0 Å². The highest BCUT2D eigenvalue weighted by atomic mass is 35.5. The number of halogens is 1. The molecule has 0 aliphatic carbocycles. The number of hydrogen-bond donors (Lipinski definition) is 0. The lowest BCUT2D eigenvalue weighted by molar-refractivity contribution is -0.140. The van der Waals surface area contributed by atoms with Gasteiger partial charge in [-0.1, -0.05) is 43.7 Å². The van der Waals surface area contributed by atoms with Crippen LogP contribution >= 0.6 is 11.6 Å². The molecule has 0 atom stereocenters. The maximum atomic E-state index is 12.9. The van der Waals surface area contributed by atoms with Gasteiger partial charge in [-0.15, -0.1) is 11.6 Å². The van der Waals surface area contributed by atoms with Gasteiger partial charge in [0.15, 0.2) is 0 Å². The summed E-state index contributed by atoms with van der Waals surface area (Å²) in [5, 5.41) is 0. The molecular formula is C21H29ClN2O. The van der Waals surface area contributed by atoms with Crippen LogP contribution in [0.3, 0.4) is 0 Å². The smallest absolute Gasteiger partial charge is 0.229 e. The van der Waals surface area contributed by atoms with Crippen LogP contribution in [0.2, 0.25) is 0 Å². The lowest BCUT2D eigenvalue weighted by atomic mass is 9.94. The highest BCUT2D eigenvalue weighted by molar-refractivity contribution is 6.19. The van der Waals surface area contributed by atoms with E-state index in [0.717, 1.165) is 31.6 Å². The minimum atomic E-state index is -0.536. The average Bonchev–Trinajstić information content (AvgIpc) is 3.05. The van der Waals surface area contributed by atoms with Crippen molar-refractivity contribution in [2.45, 2.75) is 46.7 Å². The minimum absolute atomic E-state index is 0.128. The molecule has 0 aliphatic rings. The molecule has 0 aliphatic heterocycles. The first-order valence-corrected chi connectivity index (χ1v) is 9.54. The van der Waals surface area contributed by atoms with Crippen LogP contribution in [0.25, 0.3) is 0 Å². The number of amides is 1. The van der Waals surface area contributed by atoms with Gasteiger partial charge in [0, 0.05) is 30.9 Å². The third-order valence-electron chi connectivity index (χ3n) is 4.45. The summed E-state index contributed by atoms with van der Waals surface area (Å²) < 4.78 is 2.22. The Morgan fingerprint density at radius 3 is 2.52 bits per heavy atom. The van der Waals surface area contributed by atoms with Gasteiger partial charge in [0.05, 0.1) is 12.0 Å². The summed E-state index contributed by atoms with van der Waals surface area (Å²) in [6.45, 7) is 8.20. The van der Waals surface area contributed by atoms with Crippen LogP contribution in [0, 0.1) is 5.41 Å². The summed E-state index contributed by atoms with van der Waals surface area (Å²) in [5.74, 6) is 0.461. The third kappa shape index (κ3) is 5.37. The van der Waals surface area contributed by atoms with Crippen molar-refractivity contribution >= 4 is 17.5 Å². The molecule has 25 heavy (non-hydrogen) atoms. The largest absolute Gasteiger partial charge is 0.345 e. The number of hydrogen-bond acceptors (Lipinski definition) is 1. The molecule has 3 nitrogen and oxygen atoms in total. The van der Waals surface area contributed by atoms with Crippen LogP contribution < -0.4 is 0 Å².